The minimum Gasteiger partial charge on any atom is -0.373 e. The fourth-order valence-corrected chi connectivity index (χ4v) is 1.94. The van der Waals surface area contributed by atoms with Gasteiger partial charge in [-0.2, -0.15) is 13.2 Å². The molecule has 1 rings (SSSR count). The number of hydrogen-bond acceptors (Lipinski definition) is 4. The van der Waals surface area contributed by atoms with E-state index < -0.39 is 12.0 Å². The third kappa shape index (κ3) is 4.25. The molecule has 1 N–H and O–H groups in total. The molecule has 1 heterocycles. The van der Waals surface area contributed by atoms with Crippen LogP contribution < -0.4 is 10.2 Å². The number of halogens is 3. The Hall–Kier alpha value is -1.53. The van der Waals surface area contributed by atoms with Gasteiger partial charge in [-0.1, -0.05) is 13.8 Å². The maximum Gasteiger partial charge on any atom is 0.451 e. The van der Waals surface area contributed by atoms with Crippen molar-refractivity contribution in [2.24, 2.45) is 5.92 Å². The zero-order chi connectivity index (χ0) is 15.5. The fourth-order valence-electron chi connectivity index (χ4n) is 1.94. The second-order valence-electron chi connectivity index (χ2n) is 5.27. The molecule has 0 saturated heterocycles. The number of rotatable bonds is 5. The molecule has 7 heteroatoms. The van der Waals surface area contributed by atoms with Crippen molar-refractivity contribution in [3.63, 3.8) is 0 Å². The molecule has 1 unspecified atom stereocenters. The summed E-state index contributed by atoms with van der Waals surface area (Å²) in [7, 11) is 3.28. The van der Waals surface area contributed by atoms with Crippen LogP contribution in [0.4, 0.5) is 24.8 Å². The van der Waals surface area contributed by atoms with Gasteiger partial charge in [0.15, 0.2) is 0 Å². The van der Waals surface area contributed by atoms with Crippen molar-refractivity contribution in [1.82, 2.24) is 9.97 Å². The predicted molar refractivity (Wildman–Crippen MR) is 73.9 cm³/mol. The molecule has 20 heavy (non-hydrogen) atoms. The third-order valence-corrected chi connectivity index (χ3v) is 3.06. The Bertz CT molecular complexity index is 446. The minimum atomic E-state index is -4.55. The van der Waals surface area contributed by atoms with Crippen LogP contribution in [0, 0.1) is 5.92 Å². The van der Waals surface area contributed by atoms with E-state index in [1.54, 1.807) is 11.9 Å². The van der Waals surface area contributed by atoms with Gasteiger partial charge in [-0.25, -0.2) is 9.97 Å². The molecule has 1 aromatic rings. The lowest BCUT2D eigenvalue weighted by Crippen LogP contribution is -2.31. The van der Waals surface area contributed by atoms with Gasteiger partial charge in [0.2, 0.25) is 5.82 Å². The molecule has 0 aromatic carbocycles. The van der Waals surface area contributed by atoms with Crippen molar-refractivity contribution in [2.45, 2.75) is 39.4 Å². The minimum absolute atomic E-state index is 0.0932. The smallest absolute Gasteiger partial charge is 0.373 e. The Morgan fingerprint density at radius 2 is 1.85 bits per heavy atom. The quantitative estimate of drug-likeness (QED) is 0.902. The van der Waals surface area contributed by atoms with Gasteiger partial charge in [0, 0.05) is 26.2 Å². The zero-order valence-corrected chi connectivity index (χ0v) is 12.4. The average molecular weight is 290 g/mol. The highest BCUT2D eigenvalue weighted by molar-refractivity contribution is 5.49. The van der Waals surface area contributed by atoms with E-state index in [0.717, 1.165) is 6.42 Å². The van der Waals surface area contributed by atoms with Gasteiger partial charge in [0.1, 0.15) is 11.6 Å². The van der Waals surface area contributed by atoms with Gasteiger partial charge < -0.3 is 10.2 Å². The predicted octanol–water partition coefficient (Wildman–Crippen LogP) is 3.41. The van der Waals surface area contributed by atoms with Gasteiger partial charge in [-0.15, -0.1) is 0 Å². The summed E-state index contributed by atoms with van der Waals surface area (Å²) < 4.78 is 38.4. The molecular weight excluding hydrogens is 269 g/mol. The van der Waals surface area contributed by atoms with Crippen LogP contribution in [0.2, 0.25) is 0 Å². The van der Waals surface area contributed by atoms with E-state index in [0.29, 0.717) is 5.92 Å². The first-order valence-corrected chi connectivity index (χ1v) is 6.52. The highest BCUT2D eigenvalue weighted by Crippen LogP contribution is 2.29. The number of hydrogen-bond donors (Lipinski definition) is 1. The van der Waals surface area contributed by atoms with E-state index in [4.69, 9.17) is 0 Å². The van der Waals surface area contributed by atoms with E-state index in [9.17, 15) is 13.2 Å². The number of aromatic nitrogens is 2. The first-order chi connectivity index (χ1) is 9.15. The maximum atomic E-state index is 12.8. The zero-order valence-electron chi connectivity index (χ0n) is 12.4. The second kappa shape index (κ2) is 6.28. The monoisotopic (exact) mass is 290 g/mol. The molecule has 1 atom stereocenters. The normalized spacial score (nSPS) is 13.4. The summed E-state index contributed by atoms with van der Waals surface area (Å²) in [6.07, 6.45) is -3.68. The molecule has 0 aliphatic carbocycles. The molecule has 0 saturated carbocycles. The van der Waals surface area contributed by atoms with Crippen molar-refractivity contribution in [3.8, 4) is 0 Å². The number of nitrogens with one attached hydrogen (secondary N) is 1. The van der Waals surface area contributed by atoms with E-state index in [2.05, 4.69) is 29.1 Å². The van der Waals surface area contributed by atoms with Crippen LogP contribution in [0.15, 0.2) is 6.07 Å². The van der Waals surface area contributed by atoms with Crippen molar-refractivity contribution in [2.75, 3.05) is 24.3 Å². The van der Waals surface area contributed by atoms with Gasteiger partial charge in [-0.3, -0.25) is 0 Å². The van der Waals surface area contributed by atoms with Crippen LogP contribution in [0.1, 0.15) is 33.0 Å². The van der Waals surface area contributed by atoms with Gasteiger partial charge in [-0.05, 0) is 19.3 Å². The summed E-state index contributed by atoms with van der Waals surface area (Å²) in [6, 6.07) is 1.61. The van der Waals surface area contributed by atoms with Gasteiger partial charge >= 0.3 is 6.18 Å². The van der Waals surface area contributed by atoms with Crippen LogP contribution in [-0.2, 0) is 6.18 Å². The second-order valence-corrected chi connectivity index (χ2v) is 5.27. The lowest BCUT2D eigenvalue weighted by molar-refractivity contribution is -0.144. The van der Waals surface area contributed by atoms with Crippen molar-refractivity contribution in [1.29, 1.82) is 0 Å². The molecule has 1 aromatic heterocycles. The van der Waals surface area contributed by atoms with Gasteiger partial charge in [0.05, 0.1) is 0 Å². The highest BCUT2D eigenvalue weighted by atomic mass is 19.4. The average Bonchev–Trinajstić information content (AvgIpc) is 2.35. The summed E-state index contributed by atoms with van der Waals surface area (Å²) >= 11 is 0. The van der Waals surface area contributed by atoms with Gasteiger partial charge in [0.25, 0.3) is 0 Å². The standard InChI is InChI=1S/C13H21F3N4/c1-8(2)6-9(3)20(5)11-7-10(17-4)18-12(19-11)13(14,15)16/h7-9H,6H2,1-5H3,(H,17,18,19). The molecule has 0 aliphatic rings. The largest absolute Gasteiger partial charge is 0.451 e. The third-order valence-electron chi connectivity index (χ3n) is 3.06. The molecule has 0 amide bonds. The van der Waals surface area contributed by atoms with Crippen LogP contribution in [-0.4, -0.2) is 30.1 Å². The first kappa shape index (κ1) is 16.5. The summed E-state index contributed by atoms with van der Waals surface area (Å²) in [5.74, 6) is -0.237. The Labute approximate surface area is 117 Å². The van der Waals surface area contributed by atoms with Crippen LogP contribution in [0.3, 0.4) is 0 Å². The van der Waals surface area contributed by atoms with E-state index in [1.165, 1.54) is 13.1 Å². The number of alkyl halides is 3. The molecule has 4 nitrogen and oxygen atoms in total. The fraction of sp³-hybridized carbons (Fsp3) is 0.692. The highest BCUT2D eigenvalue weighted by Gasteiger charge is 2.35. The van der Waals surface area contributed by atoms with Crippen LogP contribution >= 0.6 is 0 Å². The summed E-state index contributed by atoms with van der Waals surface area (Å²) in [5.41, 5.74) is 0. The Balaban J connectivity index is 3.10. The Morgan fingerprint density at radius 3 is 2.30 bits per heavy atom. The lowest BCUT2D eigenvalue weighted by atomic mass is 10.0. The van der Waals surface area contributed by atoms with E-state index in [1.807, 2.05) is 6.92 Å². The Morgan fingerprint density at radius 1 is 1.25 bits per heavy atom. The molecule has 0 fully saturated rings. The SMILES string of the molecule is CNc1cc(N(C)C(C)CC(C)C)nc(C(F)(F)F)n1. The molecule has 0 spiro atoms. The first-order valence-electron chi connectivity index (χ1n) is 6.52. The lowest BCUT2D eigenvalue weighted by Gasteiger charge is -2.28. The topological polar surface area (TPSA) is 41.0 Å². The number of nitrogens with zero attached hydrogens (tertiary/aromatic N) is 3. The van der Waals surface area contributed by atoms with Crippen LogP contribution in [0.5, 0.6) is 0 Å². The van der Waals surface area contributed by atoms with E-state index in [-0.39, 0.29) is 17.7 Å². The Kier molecular flexibility index (Phi) is 5.19. The molecule has 0 bridgehead atoms. The summed E-state index contributed by atoms with van der Waals surface area (Å²) in [6.45, 7) is 6.11. The number of anilines is 2. The molecular formula is C13H21F3N4. The molecule has 0 radical (unpaired) electrons. The van der Waals surface area contributed by atoms with Crippen LogP contribution in [0.25, 0.3) is 0 Å². The van der Waals surface area contributed by atoms with Crippen molar-refractivity contribution >= 4 is 11.6 Å². The molecule has 0 aliphatic heterocycles. The summed E-state index contributed by atoms with van der Waals surface area (Å²) in [5, 5.41) is 2.64. The van der Waals surface area contributed by atoms with Crippen molar-refractivity contribution < 1.29 is 13.2 Å². The van der Waals surface area contributed by atoms with Crippen molar-refractivity contribution in [3.05, 3.63) is 11.9 Å². The molecule has 114 valence electrons. The van der Waals surface area contributed by atoms with E-state index >= 15 is 0 Å². The summed E-state index contributed by atoms with van der Waals surface area (Å²) in [4.78, 5) is 8.83. The maximum absolute atomic E-state index is 12.8.